The van der Waals surface area contributed by atoms with Crippen molar-refractivity contribution in [2.24, 2.45) is 5.73 Å². The van der Waals surface area contributed by atoms with Gasteiger partial charge in [-0.25, -0.2) is 4.68 Å². The third-order valence-corrected chi connectivity index (χ3v) is 5.85. The van der Waals surface area contributed by atoms with Crippen LogP contribution in [0.25, 0.3) is 5.69 Å². The van der Waals surface area contributed by atoms with Gasteiger partial charge in [-0.05, 0) is 55.3 Å². The highest BCUT2D eigenvalue weighted by Crippen LogP contribution is 2.36. The van der Waals surface area contributed by atoms with Crippen LogP contribution in [0.1, 0.15) is 39.0 Å². The molecular formula is C19H20N4OS. The zero-order valence-electron chi connectivity index (χ0n) is 13.8. The number of likely N-dealkylation sites (tertiary alicyclic amines) is 1. The average Bonchev–Trinajstić information content (AvgIpc) is 3.36. The van der Waals surface area contributed by atoms with Crippen LogP contribution >= 0.6 is 11.3 Å². The molecule has 1 amide bonds. The number of rotatable bonds is 5. The molecule has 5 nitrogen and oxygen atoms in total. The first-order valence-electron chi connectivity index (χ1n) is 8.43. The second-order valence-corrected chi connectivity index (χ2v) is 7.43. The zero-order valence-corrected chi connectivity index (χ0v) is 14.7. The maximum Gasteiger partial charge on any atom is 0.258 e. The van der Waals surface area contributed by atoms with Gasteiger partial charge in [-0.15, -0.1) is 11.3 Å². The van der Waals surface area contributed by atoms with Gasteiger partial charge in [0, 0.05) is 29.9 Å². The summed E-state index contributed by atoms with van der Waals surface area (Å²) in [7, 11) is 0. The van der Waals surface area contributed by atoms with Crippen molar-refractivity contribution in [2.45, 2.75) is 25.4 Å². The highest BCUT2D eigenvalue weighted by atomic mass is 32.1. The van der Waals surface area contributed by atoms with Gasteiger partial charge in [0.1, 0.15) is 0 Å². The number of hydrogen-bond acceptors (Lipinski definition) is 4. The van der Waals surface area contributed by atoms with Crippen LogP contribution in [0, 0.1) is 0 Å². The van der Waals surface area contributed by atoms with Gasteiger partial charge in [-0.3, -0.25) is 9.69 Å². The molecule has 0 radical (unpaired) electrons. The second-order valence-electron chi connectivity index (χ2n) is 6.31. The number of benzene rings is 1. The maximum atomic E-state index is 11.3. The SMILES string of the molecule is NC(=O)c1ccc(C2CCCN2Cc2ccc(-n3cccn3)cc2)s1. The second kappa shape index (κ2) is 6.82. The molecule has 2 N–H and O–H groups in total. The minimum atomic E-state index is -0.338. The molecule has 25 heavy (non-hydrogen) atoms. The first kappa shape index (κ1) is 16.1. The Labute approximate surface area is 150 Å². The van der Waals surface area contributed by atoms with Crippen LogP contribution in [0.5, 0.6) is 0 Å². The average molecular weight is 352 g/mol. The van der Waals surface area contributed by atoms with Crippen LogP contribution in [0.2, 0.25) is 0 Å². The molecule has 0 saturated carbocycles. The number of carbonyl (C=O) groups excluding carboxylic acids is 1. The minimum Gasteiger partial charge on any atom is -0.365 e. The van der Waals surface area contributed by atoms with Crippen LogP contribution < -0.4 is 5.73 Å². The number of nitrogens with two attached hydrogens (primary N) is 1. The smallest absolute Gasteiger partial charge is 0.258 e. The normalized spacial score (nSPS) is 17.8. The van der Waals surface area contributed by atoms with Gasteiger partial charge in [-0.1, -0.05) is 12.1 Å². The predicted octanol–water partition coefficient (Wildman–Crippen LogP) is 3.37. The summed E-state index contributed by atoms with van der Waals surface area (Å²) in [6.07, 6.45) is 6.03. The summed E-state index contributed by atoms with van der Waals surface area (Å²) >= 11 is 1.53. The van der Waals surface area contributed by atoms with Crippen LogP contribution in [0.15, 0.2) is 54.9 Å². The number of nitrogens with zero attached hydrogens (tertiary/aromatic N) is 3. The van der Waals surface area contributed by atoms with Crippen molar-refractivity contribution >= 4 is 17.2 Å². The van der Waals surface area contributed by atoms with E-state index in [1.807, 2.05) is 23.0 Å². The highest BCUT2D eigenvalue weighted by Gasteiger charge is 2.27. The Kier molecular flexibility index (Phi) is 4.38. The van der Waals surface area contributed by atoms with E-state index < -0.39 is 0 Å². The van der Waals surface area contributed by atoms with E-state index in [9.17, 15) is 4.79 Å². The number of thiophene rings is 1. The standard InChI is InChI=1S/C19H20N4OS/c20-19(24)18-9-8-17(25-18)16-3-1-11-22(16)13-14-4-6-15(7-5-14)23-12-2-10-21-23/h2,4-10,12,16H,1,3,11,13H2,(H2,20,24). The van der Waals surface area contributed by atoms with Crippen LogP contribution in [-0.2, 0) is 6.54 Å². The number of amides is 1. The molecule has 1 unspecified atom stereocenters. The third-order valence-electron chi connectivity index (χ3n) is 4.65. The lowest BCUT2D eigenvalue weighted by atomic mass is 10.1. The van der Waals surface area contributed by atoms with Gasteiger partial charge < -0.3 is 5.73 Å². The third kappa shape index (κ3) is 3.36. The Hall–Kier alpha value is -2.44. The molecule has 1 aromatic carbocycles. The van der Waals surface area contributed by atoms with Gasteiger partial charge >= 0.3 is 0 Å². The summed E-state index contributed by atoms with van der Waals surface area (Å²) in [6, 6.07) is 14.7. The minimum absolute atomic E-state index is 0.338. The highest BCUT2D eigenvalue weighted by molar-refractivity contribution is 7.14. The van der Waals surface area contributed by atoms with Gasteiger partial charge in [0.05, 0.1) is 10.6 Å². The molecule has 6 heteroatoms. The molecule has 1 aliphatic rings. The van der Waals surface area contributed by atoms with Crippen molar-refractivity contribution in [3.05, 3.63) is 70.2 Å². The molecule has 1 fully saturated rings. The Bertz CT molecular complexity index is 854. The molecule has 1 saturated heterocycles. The van der Waals surface area contributed by atoms with Gasteiger partial charge in [0.25, 0.3) is 5.91 Å². The fourth-order valence-electron chi connectivity index (χ4n) is 3.41. The first-order chi connectivity index (χ1) is 12.2. The molecular weight excluding hydrogens is 332 g/mol. The molecule has 4 rings (SSSR count). The van der Waals surface area contributed by atoms with Crippen molar-refractivity contribution < 1.29 is 4.79 Å². The van der Waals surface area contributed by atoms with Crippen LogP contribution in [-0.4, -0.2) is 27.1 Å². The Morgan fingerprint density at radius 3 is 2.76 bits per heavy atom. The van der Waals surface area contributed by atoms with Gasteiger partial charge in [0.15, 0.2) is 0 Å². The quantitative estimate of drug-likeness (QED) is 0.766. The molecule has 2 aromatic heterocycles. The maximum absolute atomic E-state index is 11.3. The van der Waals surface area contributed by atoms with E-state index in [1.165, 1.54) is 28.2 Å². The zero-order chi connectivity index (χ0) is 17.2. The molecule has 3 heterocycles. The Morgan fingerprint density at radius 1 is 1.24 bits per heavy atom. The van der Waals surface area contributed by atoms with Crippen molar-refractivity contribution in [3.63, 3.8) is 0 Å². The first-order valence-corrected chi connectivity index (χ1v) is 9.25. The molecule has 1 aliphatic heterocycles. The lowest BCUT2D eigenvalue weighted by molar-refractivity contribution is 0.100. The number of primary amides is 1. The van der Waals surface area contributed by atoms with Crippen molar-refractivity contribution in [1.29, 1.82) is 0 Å². The number of carbonyl (C=O) groups is 1. The topological polar surface area (TPSA) is 64.2 Å². The van der Waals surface area contributed by atoms with E-state index in [4.69, 9.17) is 5.73 Å². The van der Waals surface area contributed by atoms with Gasteiger partial charge in [0.2, 0.25) is 0 Å². The summed E-state index contributed by atoms with van der Waals surface area (Å²) in [5.74, 6) is -0.338. The molecule has 3 aromatic rings. The fraction of sp³-hybridized carbons (Fsp3) is 0.263. The van der Waals surface area contributed by atoms with E-state index in [0.29, 0.717) is 10.9 Å². The lowest BCUT2D eigenvalue weighted by Crippen LogP contribution is -2.22. The van der Waals surface area contributed by atoms with Crippen LogP contribution in [0.3, 0.4) is 0 Å². The largest absolute Gasteiger partial charge is 0.365 e. The van der Waals surface area contributed by atoms with E-state index in [0.717, 1.165) is 25.2 Å². The summed E-state index contributed by atoms with van der Waals surface area (Å²) in [5, 5.41) is 4.26. The summed E-state index contributed by atoms with van der Waals surface area (Å²) in [6.45, 7) is 1.99. The molecule has 0 aliphatic carbocycles. The summed E-state index contributed by atoms with van der Waals surface area (Å²) in [4.78, 5) is 15.7. The number of hydrogen-bond donors (Lipinski definition) is 1. The summed E-state index contributed by atoms with van der Waals surface area (Å²) < 4.78 is 1.86. The van der Waals surface area contributed by atoms with E-state index in [2.05, 4.69) is 40.3 Å². The number of aromatic nitrogens is 2. The Morgan fingerprint density at radius 2 is 2.08 bits per heavy atom. The molecule has 1 atom stereocenters. The summed E-state index contributed by atoms with van der Waals surface area (Å²) in [5.41, 5.74) is 7.74. The fourth-order valence-corrected chi connectivity index (χ4v) is 4.44. The molecule has 0 spiro atoms. The molecule has 128 valence electrons. The van der Waals surface area contributed by atoms with E-state index in [1.54, 1.807) is 6.20 Å². The van der Waals surface area contributed by atoms with Crippen molar-refractivity contribution in [1.82, 2.24) is 14.7 Å². The van der Waals surface area contributed by atoms with E-state index in [-0.39, 0.29) is 5.91 Å². The van der Waals surface area contributed by atoms with Crippen molar-refractivity contribution in [2.75, 3.05) is 6.54 Å². The molecule has 0 bridgehead atoms. The monoisotopic (exact) mass is 352 g/mol. The van der Waals surface area contributed by atoms with Gasteiger partial charge in [-0.2, -0.15) is 5.10 Å². The lowest BCUT2D eigenvalue weighted by Gasteiger charge is -2.23. The van der Waals surface area contributed by atoms with Crippen molar-refractivity contribution in [3.8, 4) is 5.69 Å². The Balaban J connectivity index is 1.48. The van der Waals surface area contributed by atoms with Crippen LogP contribution in [0.4, 0.5) is 0 Å². The predicted molar refractivity (Wildman–Crippen MR) is 98.8 cm³/mol. The van der Waals surface area contributed by atoms with E-state index >= 15 is 0 Å².